The molecule has 2 aromatic carbocycles. The predicted molar refractivity (Wildman–Crippen MR) is 103 cm³/mol. The fourth-order valence-electron chi connectivity index (χ4n) is 2.26. The predicted octanol–water partition coefficient (Wildman–Crippen LogP) is 3.57. The Balaban J connectivity index is 1.63. The Morgan fingerprint density at radius 3 is 2.39 bits per heavy atom. The van der Waals surface area contributed by atoms with Gasteiger partial charge < -0.3 is 9.84 Å². The number of carbonyl (C=O) groups is 1. The molecular weight excluding hydrogens is 385 g/mol. The summed E-state index contributed by atoms with van der Waals surface area (Å²) < 4.78 is 44.6. The van der Waals surface area contributed by atoms with Crippen molar-refractivity contribution >= 4 is 33.5 Å². The van der Waals surface area contributed by atoms with E-state index in [1.54, 1.807) is 19.1 Å². The number of aryl methyl sites for hydroxylation is 1. The zero-order chi connectivity index (χ0) is 20.1. The lowest BCUT2D eigenvalue weighted by Crippen LogP contribution is -2.13. The smallest absolute Gasteiger partial charge is 0.263 e. The van der Waals surface area contributed by atoms with Crippen LogP contribution in [0.1, 0.15) is 11.3 Å². The quantitative estimate of drug-likeness (QED) is 0.615. The van der Waals surface area contributed by atoms with Gasteiger partial charge in [-0.3, -0.25) is 9.52 Å². The molecule has 2 N–H and O–H groups in total. The Morgan fingerprint density at radius 2 is 1.79 bits per heavy atom. The fourth-order valence-corrected chi connectivity index (χ4v) is 3.24. The van der Waals surface area contributed by atoms with E-state index in [1.807, 2.05) is 0 Å². The summed E-state index contributed by atoms with van der Waals surface area (Å²) in [4.78, 5) is 12.0. The van der Waals surface area contributed by atoms with Crippen molar-refractivity contribution in [2.75, 3.05) is 10.0 Å². The van der Waals surface area contributed by atoms with E-state index in [-0.39, 0.29) is 16.5 Å². The number of hydrogen-bond donors (Lipinski definition) is 2. The number of rotatable bonds is 6. The van der Waals surface area contributed by atoms with Crippen LogP contribution in [-0.2, 0) is 14.8 Å². The third kappa shape index (κ3) is 5.04. The molecule has 7 nitrogen and oxygen atoms in total. The highest BCUT2D eigenvalue weighted by Gasteiger charge is 2.16. The van der Waals surface area contributed by atoms with Crippen LogP contribution in [0, 0.1) is 12.7 Å². The molecule has 0 saturated carbocycles. The molecule has 0 aliphatic heterocycles. The highest BCUT2D eigenvalue weighted by Crippen LogP contribution is 2.18. The maximum absolute atomic E-state index is 12.9. The molecule has 0 saturated heterocycles. The van der Waals surface area contributed by atoms with Crippen LogP contribution < -0.4 is 10.0 Å². The second kappa shape index (κ2) is 8.05. The Bertz CT molecular complexity index is 1100. The lowest BCUT2D eigenvalue weighted by molar-refractivity contribution is -0.111. The standard InChI is InChI=1S/C19H16FN3O4S/c1-13-12-18(22-27-13)23-28(25,26)17-9-7-16(8-10-17)21-19(24)11-4-14-2-5-15(20)6-3-14/h2-12H,1H3,(H,21,24)(H,22,23)/b11-4+. The Kier molecular flexibility index (Phi) is 5.55. The summed E-state index contributed by atoms with van der Waals surface area (Å²) in [5.74, 6) is -0.203. The van der Waals surface area contributed by atoms with Crippen LogP contribution in [0.25, 0.3) is 6.08 Å². The van der Waals surface area contributed by atoms with Crippen molar-refractivity contribution in [2.45, 2.75) is 11.8 Å². The number of amides is 1. The van der Waals surface area contributed by atoms with Gasteiger partial charge in [0.1, 0.15) is 11.6 Å². The monoisotopic (exact) mass is 401 g/mol. The lowest BCUT2D eigenvalue weighted by atomic mass is 10.2. The van der Waals surface area contributed by atoms with E-state index >= 15 is 0 Å². The molecule has 3 aromatic rings. The molecule has 3 rings (SSSR count). The van der Waals surface area contributed by atoms with Gasteiger partial charge in [0, 0.05) is 17.8 Å². The topological polar surface area (TPSA) is 101 Å². The van der Waals surface area contributed by atoms with Crippen LogP contribution in [0.2, 0.25) is 0 Å². The molecule has 9 heteroatoms. The molecule has 0 spiro atoms. The van der Waals surface area contributed by atoms with Crippen molar-refractivity contribution in [3.05, 3.63) is 77.8 Å². The number of nitrogens with one attached hydrogen (secondary N) is 2. The molecule has 1 aromatic heterocycles. The van der Waals surface area contributed by atoms with Gasteiger partial charge >= 0.3 is 0 Å². The minimum atomic E-state index is -3.82. The summed E-state index contributed by atoms with van der Waals surface area (Å²) in [6.45, 7) is 1.65. The summed E-state index contributed by atoms with van der Waals surface area (Å²) >= 11 is 0. The van der Waals surface area contributed by atoms with Gasteiger partial charge in [0.05, 0.1) is 4.90 Å². The minimum absolute atomic E-state index is 0.00741. The van der Waals surface area contributed by atoms with E-state index in [2.05, 4.69) is 15.2 Å². The Hall–Kier alpha value is -3.46. The van der Waals surface area contributed by atoms with Crippen LogP contribution >= 0.6 is 0 Å². The number of benzene rings is 2. The maximum Gasteiger partial charge on any atom is 0.263 e. The number of carbonyl (C=O) groups excluding carboxylic acids is 1. The first-order chi connectivity index (χ1) is 13.3. The molecule has 0 fully saturated rings. The van der Waals surface area contributed by atoms with Crippen molar-refractivity contribution in [1.29, 1.82) is 0 Å². The molecular formula is C19H16FN3O4S. The molecule has 0 unspecified atom stereocenters. The molecule has 0 aliphatic carbocycles. The van der Waals surface area contributed by atoms with Crippen molar-refractivity contribution < 1.29 is 22.1 Å². The van der Waals surface area contributed by atoms with Gasteiger partial charge in [-0.25, -0.2) is 12.8 Å². The molecule has 0 aliphatic rings. The second-order valence-electron chi connectivity index (χ2n) is 5.83. The summed E-state index contributed by atoms with van der Waals surface area (Å²) in [5.41, 5.74) is 1.09. The zero-order valence-electron chi connectivity index (χ0n) is 14.7. The van der Waals surface area contributed by atoms with Crippen molar-refractivity contribution in [2.24, 2.45) is 0 Å². The van der Waals surface area contributed by atoms with Gasteiger partial charge in [0.25, 0.3) is 10.0 Å². The van der Waals surface area contributed by atoms with Crippen molar-refractivity contribution in [3.63, 3.8) is 0 Å². The minimum Gasteiger partial charge on any atom is -0.360 e. The van der Waals surface area contributed by atoms with E-state index in [9.17, 15) is 17.6 Å². The Morgan fingerprint density at radius 1 is 1.11 bits per heavy atom. The second-order valence-corrected chi connectivity index (χ2v) is 7.51. The van der Waals surface area contributed by atoms with Gasteiger partial charge in [0.15, 0.2) is 5.82 Å². The first-order valence-corrected chi connectivity index (χ1v) is 9.61. The first-order valence-electron chi connectivity index (χ1n) is 8.13. The highest BCUT2D eigenvalue weighted by atomic mass is 32.2. The Labute approximate surface area is 160 Å². The van der Waals surface area contributed by atoms with Crippen molar-refractivity contribution in [3.8, 4) is 0 Å². The molecule has 1 amide bonds. The summed E-state index contributed by atoms with van der Waals surface area (Å²) in [7, 11) is -3.82. The molecule has 144 valence electrons. The van der Waals surface area contributed by atoms with E-state index in [4.69, 9.17) is 4.52 Å². The number of anilines is 2. The zero-order valence-corrected chi connectivity index (χ0v) is 15.5. The van der Waals surface area contributed by atoms with E-state index in [1.165, 1.54) is 54.6 Å². The van der Waals surface area contributed by atoms with Crippen LogP contribution in [0.15, 0.2) is 70.1 Å². The van der Waals surface area contributed by atoms with Gasteiger partial charge in [-0.15, -0.1) is 0 Å². The van der Waals surface area contributed by atoms with Gasteiger partial charge in [-0.05, 0) is 55.0 Å². The average molecular weight is 401 g/mol. The summed E-state index contributed by atoms with van der Waals surface area (Å²) in [6, 6.07) is 12.8. The van der Waals surface area contributed by atoms with Crippen LogP contribution in [0.5, 0.6) is 0 Å². The molecule has 28 heavy (non-hydrogen) atoms. The highest BCUT2D eigenvalue weighted by molar-refractivity contribution is 7.92. The molecule has 0 radical (unpaired) electrons. The van der Waals surface area contributed by atoms with Crippen LogP contribution in [0.3, 0.4) is 0 Å². The van der Waals surface area contributed by atoms with Crippen molar-refractivity contribution in [1.82, 2.24) is 5.16 Å². The first kappa shape index (κ1) is 19.3. The number of nitrogens with zero attached hydrogens (tertiary/aromatic N) is 1. The third-order valence-corrected chi connectivity index (χ3v) is 4.97. The van der Waals surface area contributed by atoms with E-state index < -0.39 is 15.9 Å². The molecule has 1 heterocycles. The van der Waals surface area contributed by atoms with E-state index in [0.717, 1.165) is 0 Å². The largest absolute Gasteiger partial charge is 0.360 e. The third-order valence-electron chi connectivity index (χ3n) is 3.60. The molecule has 0 atom stereocenters. The number of halogens is 1. The fraction of sp³-hybridized carbons (Fsp3) is 0.0526. The van der Waals surface area contributed by atoms with E-state index in [0.29, 0.717) is 17.0 Å². The normalized spacial score (nSPS) is 11.5. The van der Waals surface area contributed by atoms with Gasteiger partial charge in [0.2, 0.25) is 5.91 Å². The average Bonchev–Trinajstić information content (AvgIpc) is 3.06. The van der Waals surface area contributed by atoms with Gasteiger partial charge in [-0.2, -0.15) is 0 Å². The van der Waals surface area contributed by atoms with Crippen LogP contribution in [0.4, 0.5) is 15.9 Å². The SMILES string of the molecule is Cc1cc(NS(=O)(=O)c2ccc(NC(=O)/C=C/c3ccc(F)cc3)cc2)no1. The number of aromatic nitrogens is 1. The van der Waals surface area contributed by atoms with Gasteiger partial charge in [-0.1, -0.05) is 17.3 Å². The maximum atomic E-state index is 12.9. The number of sulfonamides is 1. The van der Waals surface area contributed by atoms with Crippen LogP contribution in [-0.4, -0.2) is 19.5 Å². The summed E-state index contributed by atoms with van der Waals surface area (Å²) in [6.07, 6.45) is 2.84. The molecule has 0 bridgehead atoms. The number of hydrogen-bond acceptors (Lipinski definition) is 5. The summed E-state index contributed by atoms with van der Waals surface area (Å²) in [5, 5.41) is 6.20. The lowest BCUT2D eigenvalue weighted by Gasteiger charge is -2.06.